The van der Waals surface area contributed by atoms with Gasteiger partial charge in [0.2, 0.25) is 0 Å². The van der Waals surface area contributed by atoms with Crippen molar-refractivity contribution in [2.75, 3.05) is 45.8 Å². The number of allylic oxidation sites excluding steroid dienone is 4. The van der Waals surface area contributed by atoms with E-state index >= 15 is 0 Å². The minimum Gasteiger partial charge on any atom is -0.321 e. The topological polar surface area (TPSA) is 62.4 Å². The molecule has 8 rings (SSSR count). The highest BCUT2D eigenvalue weighted by Gasteiger charge is 2.36. The van der Waals surface area contributed by atoms with E-state index in [-0.39, 0.29) is 21.7 Å². The molecule has 0 saturated carbocycles. The lowest BCUT2D eigenvalue weighted by Crippen LogP contribution is -2.54. The number of hydrogen-bond acceptors (Lipinski definition) is 8. The average molecular weight is 825 g/mol. The molecule has 8 heteroatoms. The monoisotopic (exact) mass is 825 g/mol. The number of hydrogen-bond donors (Lipinski definition) is 0. The lowest BCUT2D eigenvalue weighted by atomic mass is 9.87. The Balaban J connectivity index is 1.10. The first-order valence-corrected chi connectivity index (χ1v) is 22.2. The Hall–Kier alpha value is -6.02. The lowest BCUT2D eigenvalue weighted by Gasteiger charge is -2.37. The molecule has 0 N–H and O–H groups in total. The number of amidine groups is 4. The molecule has 2 saturated heterocycles. The van der Waals surface area contributed by atoms with Gasteiger partial charge in [-0.3, -0.25) is 0 Å². The van der Waals surface area contributed by atoms with Crippen LogP contribution in [0.2, 0.25) is 0 Å². The molecule has 8 nitrogen and oxygen atoms in total. The van der Waals surface area contributed by atoms with Crippen molar-refractivity contribution in [1.29, 1.82) is 0 Å². The predicted molar refractivity (Wildman–Crippen MR) is 265 cm³/mol. The first-order valence-electron chi connectivity index (χ1n) is 22.2. The molecule has 4 aliphatic rings. The van der Waals surface area contributed by atoms with E-state index < -0.39 is 0 Å². The second-order valence-electron chi connectivity index (χ2n) is 21.0. The van der Waals surface area contributed by atoms with Gasteiger partial charge in [-0.25, -0.2) is 20.0 Å². The van der Waals surface area contributed by atoms with Crippen LogP contribution in [0.3, 0.4) is 0 Å². The van der Waals surface area contributed by atoms with Gasteiger partial charge in [0.25, 0.3) is 0 Å². The molecule has 4 aliphatic heterocycles. The summed E-state index contributed by atoms with van der Waals surface area (Å²) >= 11 is 0. The molecule has 2 fully saturated rings. The molecule has 0 unspecified atom stereocenters. The van der Waals surface area contributed by atoms with Gasteiger partial charge in [-0.05, 0) is 105 Å². The van der Waals surface area contributed by atoms with E-state index in [4.69, 9.17) is 20.0 Å². The molecule has 0 spiro atoms. The number of anilines is 4. The van der Waals surface area contributed by atoms with Crippen LogP contribution in [0, 0.1) is 0 Å². The zero-order valence-corrected chi connectivity index (χ0v) is 39.0. The molecule has 4 aromatic carbocycles. The summed E-state index contributed by atoms with van der Waals surface area (Å²) in [7, 11) is 0. The fourth-order valence-electron chi connectivity index (χ4n) is 8.24. The lowest BCUT2D eigenvalue weighted by molar-refractivity contribution is 0.590. The average Bonchev–Trinajstić information content (AvgIpc) is 3.86. The zero-order valence-electron chi connectivity index (χ0n) is 39.0. The van der Waals surface area contributed by atoms with Crippen LogP contribution in [-0.2, 0) is 21.7 Å². The predicted octanol–water partition coefficient (Wildman–Crippen LogP) is 12.1. The Kier molecular flexibility index (Phi) is 11.0. The van der Waals surface area contributed by atoms with Crippen LogP contribution in [0.5, 0.6) is 0 Å². The highest BCUT2D eigenvalue weighted by atomic mass is 15.4. The molecule has 320 valence electrons. The normalized spacial score (nSPS) is 17.2. The van der Waals surface area contributed by atoms with Gasteiger partial charge in [0.05, 0.1) is 0 Å². The Bertz CT molecular complexity index is 2170. The van der Waals surface area contributed by atoms with E-state index in [2.05, 4.69) is 200 Å². The quantitative estimate of drug-likeness (QED) is 0.194. The van der Waals surface area contributed by atoms with Gasteiger partial charge in [0.1, 0.15) is 0 Å². The fraction of sp³-hybridized carbons (Fsp3) is 0.370. The molecular formula is C54H64N8. The molecule has 0 atom stereocenters. The van der Waals surface area contributed by atoms with Gasteiger partial charge in [-0.2, -0.15) is 0 Å². The number of aliphatic imine (C=N–C) groups is 4. The minimum atomic E-state index is 0.0788. The van der Waals surface area contributed by atoms with Crippen molar-refractivity contribution in [2.45, 2.75) is 105 Å². The number of piperazine rings is 2. The highest BCUT2D eigenvalue weighted by molar-refractivity contribution is 6.52. The molecule has 4 aromatic rings. The van der Waals surface area contributed by atoms with Crippen molar-refractivity contribution >= 4 is 46.1 Å². The van der Waals surface area contributed by atoms with E-state index in [9.17, 15) is 0 Å². The summed E-state index contributed by atoms with van der Waals surface area (Å²) in [6.45, 7) is 30.2. The Morgan fingerprint density at radius 3 is 0.694 bits per heavy atom. The Labute approximate surface area is 370 Å². The van der Waals surface area contributed by atoms with Gasteiger partial charge in [0.15, 0.2) is 35.0 Å². The molecule has 0 radical (unpaired) electrons. The smallest absolute Gasteiger partial charge is 0.179 e. The maximum Gasteiger partial charge on any atom is 0.179 e. The Morgan fingerprint density at radius 1 is 0.323 bits per heavy atom. The number of fused-ring (bicyclic) bond motifs is 2. The summed E-state index contributed by atoms with van der Waals surface area (Å²) in [5.74, 6) is 4.77. The van der Waals surface area contributed by atoms with Gasteiger partial charge < -0.3 is 19.6 Å². The maximum absolute atomic E-state index is 5.15. The van der Waals surface area contributed by atoms with Gasteiger partial charge in [-0.1, -0.05) is 144 Å². The van der Waals surface area contributed by atoms with Crippen molar-refractivity contribution < 1.29 is 0 Å². The van der Waals surface area contributed by atoms with Crippen LogP contribution < -0.4 is 19.6 Å². The summed E-state index contributed by atoms with van der Waals surface area (Å²) < 4.78 is 0. The van der Waals surface area contributed by atoms with Crippen LogP contribution in [-0.4, -0.2) is 49.5 Å². The van der Waals surface area contributed by atoms with Crippen LogP contribution in [0.15, 0.2) is 153 Å². The Morgan fingerprint density at radius 2 is 0.516 bits per heavy atom. The van der Waals surface area contributed by atoms with Gasteiger partial charge in [-0.15, -0.1) is 0 Å². The summed E-state index contributed by atoms with van der Waals surface area (Å²) in [6.07, 6.45) is 7.94. The van der Waals surface area contributed by atoms with E-state index in [1.165, 1.54) is 22.3 Å². The van der Waals surface area contributed by atoms with Crippen molar-refractivity contribution in [3.8, 4) is 0 Å². The van der Waals surface area contributed by atoms with E-state index in [0.29, 0.717) is 11.6 Å². The number of nitrogens with zero attached hydrogens (tertiary/aromatic N) is 8. The molecular weight excluding hydrogens is 761 g/mol. The van der Waals surface area contributed by atoms with E-state index in [1.54, 1.807) is 0 Å². The SMILES string of the molecule is CC(C)(C)c1ccc(N2CCN(c3ccc(C(C)(C)C)cc3)C3=NC(=C/C=C/C=C4N=C5C(=N4)N(c4ccc(C(C)(C)C)cc4)CCN5c4ccc(C(C)(C)C)cc4)N=C32)cc1. The third-order valence-electron chi connectivity index (χ3n) is 12.2. The van der Waals surface area contributed by atoms with E-state index in [1.807, 2.05) is 24.3 Å². The first-order chi connectivity index (χ1) is 29.2. The van der Waals surface area contributed by atoms with Crippen molar-refractivity contribution in [2.24, 2.45) is 20.0 Å². The molecule has 0 aliphatic carbocycles. The van der Waals surface area contributed by atoms with Crippen molar-refractivity contribution in [1.82, 2.24) is 0 Å². The number of benzene rings is 4. The third-order valence-corrected chi connectivity index (χ3v) is 12.2. The maximum atomic E-state index is 5.15. The van der Waals surface area contributed by atoms with Gasteiger partial charge >= 0.3 is 0 Å². The second kappa shape index (κ2) is 16.0. The minimum absolute atomic E-state index is 0.0788. The number of rotatable bonds is 6. The van der Waals surface area contributed by atoms with E-state index in [0.717, 1.165) is 72.3 Å². The molecule has 0 bridgehead atoms. The molecule has 62 heavy (non-hydrogen) atoms. The summed E-state index contributed by atoms with van der Waals surface area (Å²) in [6, 6.07) is 35.6. The van der Waals surface area contributed by atoms with Gasteiger partial charge in [0, 0.05) is 48.9 Å². The summed E-state index contributed by atoms with van der Waals surface area (Å²) in [5.41, 5.74) is 10.0. The van der Waals surface area contributed by atoms with Crippen LogP contribution in [0.25, 0.3) is 0 Å². The van der Waals surface area contributed by atoms with Crippen molar-refractivity contribution in [3.63, 3.8) is 0 Å². The first kappa shape index (κ1) is 42.7. The third kappa shape index (κ3) is 8.83. The molecule has 0 amide bonds. The fourth-order valence-corrected chi connectivity index (χ4v) is 8.24. The van der Waals surface area contributed by atoms with Crippen LogP contribution in [0.4, 0.5) is 22.7 Å². The zero-order chi connectivity index (χ0) is 44.2. The largest absolute Gasteiger partial charge is 0.321 e. The molecule has 4 heterocycles. The highest BCUT2D eigenvalue weighted by Crippen LogP contribution is 2.34. The molecule has 0 aromatic heterocycles. The van der Waals surface area contributed by atoms with Crippen LogP contribution in [0.1, 0.15) is 105 Å². The summed E-state index contributed by atoms with van der Waals surface area (Å²) in [5, 5.41) is 0. The standard InChI is InChI=1S/C54H64N8/c1-51(2,3)37-17-25-41(26-18-37)59-33-34-60(42-27-19-38(20-28-42)52(4,5)6)48-47(59)55-45(56-48)15-13-14-16-46-57-49-50(58-46)62(44-31-23-40(24-32-44)54(10,11)12)36-35-61(49)43-29-21-39(22-30-43)53(7,8)9/h13-32H,33-36H2,1-12H3/b14-13+. The van der Waals surface area contributed by atoms with Crippen LogP contribution >= 0.6 is 0 Å². The second-order valence-corrected chi connectivity index (χ2v) is 21.0. The van der Waals surface area contributed by atoms with Crippen molar-refractivity contribution in [3.05, 3.63) is 155 Å². The summed E-state index contributed by atoms with van der Waals surface area (Å²) in [4.78, 5) is 29.8.